The van der Waals surface area contributed by atoms with Crippen molar-refractivity contribution in [1.29, 1.82) is 0 Å². The molecule has 2 fully saturated rings. The van der Waals surface area contributed by atoms with Gasteiger partial charge in [0, 0.05) is 6.72 Å². The predicted molar refractivity (Wildman–Crippen MR) is 61.0 cm³/mol. The molecular weight excluding hydrogens is 246 g/mol. The third-order valence-corrected chi connectivity index (χ3v) is 5.09. The van der Waals surface area contributed by atoms with Crippen molar-refractivity contribution in [2.45, 2.75) is 49.7 Å². The molecule has 2 aliphatic rings. The molecule has 1 aliphatic carbocycles. The number of oxime groups is 1. The smallest absolute Gasteiger partial charge is 0.334 e. The van der Waals surface area contributed by atoms with Gasteiger partial charge >= 0.3 is 10.1 Å². The van der Waals surface area contributed by atoms with Crippen molar-refractivity contribution in [3.05, 3.63) is 0 Å². The van der Waals surface area contributed by atoms with Crippen LogP contribution >= 0.6 is 0 Å². The van der Waals surface area contributed by atoms with Crippen molar-refractivity contribution < 1.29 is 22.2 Å². The van der Waals surface area contributed by atoms with Gasteiger partial charge in [-0.2, -0.15) is 8.42 Å². The van der Waals surface area contributed by atoms with Crippen LogP contribution in [0.3, 0.4) is 0 Å². The lowest BCUT2D eigenvalue weighted by molar-refractivity contribution is -0.139. The van der Waals surface area contributed by atoms with Gasteiger partial charge in [-0.25, -0.2) is 0 Å². The standard InChI is InChI=1S/C10H17NO5S/c1-9(2)14-7-8(15-9)6-10(4-5-10)17(12,13)16-11-3/h8H,3-7H2,1-2H3/t8-/m0/s1. The lowest BCUT2D eigenvalue weighted by atomic mass is 10.2. The Morgan fingerprint density at radius 1 is 1.47 bits per heavy atom. The van der Waals surface area contributed by atoms with E-state index in [2.05, 4.69) is 16.2 Å². The van der Waals surface area contributed by atoms with E-state index in [9.17, 15) is 8.42 Å². The van der Waals surface area contributed by atoms with Crippen LogP contribution in [0.2, 0.25) is 0 Å². The third kappa shape index (κ3) is 2.46. The highest BCUT2D eigenvalue weighted by Gasteiger charge is 2.58. The summed E-state index contributed by atoms with van der Waals surface area (Å²) in [6, 6.07) is 0. The highest BCUT2D eigenvalue weighted by Crippen LogP contribution is 2.49. The largest absolute Gasteiger partial charge is 0.348 e. The zero-order valence-electron chi connectivity index (χ0n) is 10.0. The van der Waals surface area contributed by atoms with Crippen LogP contribution < -0.4 is 0 Å². The minimum Gasteiger partial charge on any atom is -0.348 e. The average molecular weight is 263 g/mol. The monoisotopic (exact) mass is 263 g/mol. The van der Waals surface area contributed by atoms with Gasteiger partial charge in [0.1, 0.15) is 4.75 Å². The molecule has 0 unspecified atom stereocenters. The molecule has 0 amide bonds. The van der Waals surface area contributed by atoms with E-state index < -0.39 is 20.7 Å². The first-order valence-electron chi connectivity index (χ1n) is 5.51. The van der Waals surface area contributed by atoms with Gasteiger partial charge in [0.2, 0.25) is 0 Å². The summed E-state index contributed by atoms with van der Waals surface area (Å²) in [6.07, 6.45) is 1.32. The first-order chi connectivity index (χ1) is 7.80. The summed E-state index contributed by atoms with van der Waals surface area (Å²) in [7, 11) is -3.69. The Bertz CT molecular complexity index is 412. The molecule has 2 rings (SSSR count). The van der Waals surface area contributed by atoms with Crippen molar-refractivity contribution >= 4 is 16.8 Å². The van der Waals surface area contributed by atoms with Crippen molar-refractivity contribution in [2.24, 2.45) is 5.16 Å². The Balaban J connectivity index is 2.02. The summed E-state index contributed by atoms with van der Waals surface area (Å²) >= 11 is 0. The fourth-order valence-corrected chi connectivity index (χ4v) is 3.41. The third-order valence-electron chi connectivity index (χ3n) is 3.16. The van der Waals surface area contributed by atoms with Gasteiger partial charge < -0.3 is 9.47 Å². The molecule has 1 saturated carbocycles. The van der Waals surface area contributed by atoms with Gasteiger partial charge in [0.15, 0.2) is 5.79 Å². The van der Waals surface area contributed by atoms with Crippen LogP contribution in [0.5, 0.6) is 0 Å². The fourth-order valence-electron chi connectivity index (χ4n) is 2.12. The number of rotatable bonds is 5. The maximum absolute atomic E-state index is 11.8. The quantitative estimate of drug-likeness (QED) is 0.547. The fraction of sp³-hybridized carbons (Fsp3) is 0.900. The Kier molecular flexibility index (Phi) is 2.95. The van der Waals surface area contributed by atoms with E-state index in [-0.39, 0.29) is 6.10 Å². The minimum atomic E-state index is -3.69. The van der Waals surface area contributed by atoms with Crippen molar-refractivity contribution in [2.75, 3.05) is 6.61 Å². The van der Waals surface area contributed by atoms with E-state index in [4.69, 9.17) is 9.47 Å². The maximum Gasteiger partial charge on any atom is 0.334 e. The molecule has 0 bridgehead atoms. The van der Waals surface area contributed by atoms with E-state index in [0.29, 0.717) is 25.9 Å². The zero-order chi connectivity index (χ0) is 12.7. The predicted octanol–water partition coefficient (Wildman–Crippen LogP) is 1.02. The summed E-state index contributed by atoms with van der Waals surface area (Å²) in [5.74, 6) is -0.637. The molecule has 1 heterocycles. The lowest BCUT2D eigenvalue weighted by Gasteiger charge is -2.20. The van der Waals surface area contributed by atoms with E-state index >= 15 is 0 Å². The van der Waals surface area contributed by atoms with Gasteiger partial charge in [-0.3, -0.25) is 4.28 Å². The Morgan fingerprint density at radius 3 is 2.53 bits per heavy atom. The van der Waals surface area contributed by atoms with E-state index in [1.807, 2.05) is 13.8 Å². The van der Waals surface area contributed by atoms with E-state index in [1.54, 1.807) is 0 Å². The second-order valence-electron chi connectivity index (χ2n) is 5.00. The highest BCUT2D eigenvalue weighted by molar-refractivity contribution is 7.88. The highest BCUT2D eigenvalue weighted by atomic mass is 32.2. The molecule has 0 N–H and O–H groups in total. The minimum absolute atomic E-state index is 0.212. The molecule has 1 aliphatic heterocycles. The van der Waals surface area contributed by atoms with E-state index in [1.165, 1.54) is 0 Å². The number of ether oxygens (including phenoxy) is 2. The molecule has 7 heteroatoms. The molecule has 0 aromatic rings. The lowest BCUT2D eigenvalue weighted by Crippen LogP contribution is -2.31. The van der Waals surface area contributed by atoms with Crippen LogP contribution in [0.1, 0.15) is 33.1 Å². The second-order valence-corrected chi connectivity index (χ2v) is 6.92. The summed E-state index contributed by atoms with van der Waals surface area (Å²) in [6.45, 7) is 7.06. The molecule has 17 heavy (non-hydrogen) atoms. The first kappa shape index (κ1) is 12.8. The molecule has 0 spiro atoms. The molecule has 0 aromatic carbocycles. The van der Waals surface area contributed by atoms with Gasteiger partial charge in [0.25, 0.3) is 0 Å². The second kappa shape index (κ2) is 3.93. The Morgan fingerprint density at radius 2 is 2.12 bits per heavy atom. The van der Waals surface area contributed by atoms with Crippen LogP contribution in [0, 0.1) is 0 Å². The number of hydrogen-bond acceptors (Lipinski definition) is 6. The summed E-state index contributed by atoms with van der Waals surface area (Å²) in [5.41, 5.74) is 0. The molecule has 98 valence electrons. The van der Waals surface area contributed by atoms with Crippen molar-refractivity contribution in [1.82, 2.24) is 0 Å². The molecular formula is C10H17NO5S. The Hall–Kier alpha value is -0.660. The van der Waals surface area contributed by atoms with Crippen molar-refractivity contribution in [3.8, 4) is 0 Å². The van der Waals surface area contributed by atoms with Gasteiger partial charge in [-0.1, -0.05) is 5.16 Å². The van der Waals surface area contributed by atoms with Gasteiger partial charge in [-0.15, -0.1) is 0 Å². The average Bonchev–Trinajstić information content (AvgIpc) is 2.88. The van der Waals surface area contributed by atoms with Crippen LogP contribution in [-0.2, 0) is 23.9 Å². The SMILES string of the molecule is C=NOS(=O)(=O)C1(C[C@H]2COC(C)(C)O2)CC1. The van der Waals surface area contributed by atoms with Crippen LogP contribution in [-0.4, -0.2) is 38.4 Å². The first-order valence-corrected chi connectivity index (χ1v) is 6.92. The maximum atomic E-state index is 11.8. The van der Waals surface area contributed by atoms with Crippen molar-refractivity contribution in [3.63, 3.8) is 0 Å². The summed E-state index contributed by atoms with van der Waals surface area (Å²) in [5, 5.41) is 3.01. The van der Waals surface area contributed by atoms with Gasteiger partial charge in [0.05, 0.1) is 12.7 Å². The summed E-state index contributed by atoms with van der Waals surface area (Å²) < 4.78 is 38.2. The molecule has 1 saturated heterocycles. The molecule has 0 aromatic heterocycles. The van der Waals surface area contributed by atoms with Crippen LogP contribution in [0.15, 0.2) is 5.16 Å². The van der Waals surface area contributed by atoms with E-state index in [0.717, 1.165) is 0 Å². The topological polar surface area (TPSA) is 74.2 Å². The van der Waals surface area contributed by atoms with Crippen LogP contribution in [0.25, 0.3) is 0 Å². The zero-order valence-corrected chi connectivity index (χ0v) is 10.8. The van der Waals surface area contributed by atoms with Crippen LogP contribution in [0.4, 0.5) is 0 Å². The summed E-state index contributed by atoms with van der Waals surface area (Å²) in [4.78, 5) is 0. The molecule has 6 nitrogen and oxygen atoms in total. The normalized spacial score (nSPS) is 29.9. The molecule has 1 atom stereocenters. The van der Waals surface area contributed by atoms with Gasteiger partial charge in [-0.05, 0) is 33.1 Å². The molecule has 0 radical (unpaired) electrons. The number of nitrogens with zero attached hydrogens (tertiary/aromatic N) is 1. The number of hydrogen-bond donors (Lipinski definition) is 0. The Labute approximate surface area is 101 Å².